The van der Waals surface area contributed by atoms with Crippen LogP contribution in [-0.4, -0.2) is 40.8 Å². The van der Waals surface area contributed by atoms with Gasteiger partial charge in [0.1, 0.15) is 11.3 Å². The summed E-state index contributed by atoms with van der Waals surface area (Å²) in [6.45, 7) is 0.0641. The lowest BCUT2D eigenvalue weighted by Crippen LogP contribution is -2.53. The molecule has 0 saturated carbocycles. The molecule has 3 aliphatic heterocycles. The number of aromatic amines is 1. The maximum atomic E-state index is 14.2. The molecule has 3 aliphatic rings. The number of carbonyl (C=O) groups excluding carboxylic acids is 3. The highest BCUT2D eigenvalue weighted by atomic mass is 35.5. The molecular weight excluding hydrogens is 516 g/mol. The highest BCUT2D eigenvalue weighted by Crippen LogP contribution is 2.54. The number of para-hydroxylation sites is 2. The number of methoxy groups -OCH3 is 1. The minimum absolute atomic E-state index is 0.0641. The summed E-state index contributed by atoms with van der Waals surface area (Å²) >= 11 is 6.38. The third kappa shape index (κ3) is 3.38. The lowest BCUT2D eigenvalue weighted by molar-refractivity contribution is -0.143. The number of anilines is 1. The van der Waals surface area contributed by atoms with Crippen LogP contribution in [0.4, 0.5) is 5.69 Å². The van der Waals surface area contributed by atoms with Crippen molar-refractivity contribution in [3.8, 4) is 5.75 Å². The normalized spacial score (nSPS) is 25.4. The van der Waals surface area contributed by atoms with E-state index in [2.05, 4.69) is 15.6 Å². The summed E-state index contributed by atoms with van der Waals surface area (Å²) in [6.07, 6.45) is 2.39. The molecule has 9 heteroatoms. The Morgan fingerprint density at radius 1 is 0.974 bits per heavy atom. The number of benzene rings is 3. The Hall–Kier alpha value is -4.14. The Balaban J connectivity index is 1.34. The van der Waals surface area contributed by atoms with E-state index in [4.69, 9.17) is 16.3 Å². The van der Waals surface area contributed by atoms with E-state index in [1.807, 2.05) is 48.7 Å². The molecule has 4 heterocycles. The molecule has 1 spiro atoms. The molecule has 4 atom stereocenters. The smallest absolute Gasteiger partial charge is 0.250 e. The van der Waals surface area contributed by atoms with E-state index in [1.54, 1.807) is 31.4 Å². The second kappa shape index (κ2) is 8.69. The van der Waals surface area contributed by atoms with Gasteiger partial charge in [0.15, 0.2) is 0 Å². The number of ether oxygens (including phenoxy) is 1. The second-order valence-corrected chi connectivity index (χ2v) is 10.8. The van der Waals surface area contributed by atoms with Crippen molar-refractivity contribution < 1.29 is 19.1 Å². The lowest BCUT2D eigenvalue weighted by atomic mass is 9.76. The monoisotopic (exact) mass is 540 g/mol. The number of nitrogens with zero attached hydrogens (tertiary/aromatic N) is 1. The number of likely N-dealkylation sites (tertiary alicyclic amines) is 1. The quantitative estimate of drug-likeness (QED) is 0.332. The van der Waals surface area contributed by atoms with Crippen LogP contribution in [0, 0.1) is 11.8 Å². The summed E-state index contributed by atoms with van der Waals surface area (Å²) < 4.78 is 5.48. The summed E-state index contributed by atoms with van der Waals surface area (Å²) in [5.74, 6) is -2.10. The molecule has 0 bridgehead atoms. The summed E-state index contributed by atoms with van der Waals surface area (Å²) in [6, 6.07) is 19.9. The van der Waals surface area contributed by atoms with Crippen molar-refractivity contribution in [2.24, 2.45) is 11.8 Å². The fourth-order valence-corrected chi connectivity index (χ4v) is 6.88. The van der Waals surface area contributed by atoms with Crippen LogP contribution in [0.1, 0.15) is 16.7 Å². The third-order valence-electron chi connectivity index (χ3n) is 8.40. The standard InChI is InChI=1S/C30H25ClN4O4/c1-39-24-9-5-2-6-16(24)15-35-27(36)25-23(12-17-14-32-21-8-4-3-7-19(17)21)34-30(26(25)28(35)37)20-13-18(31)10-11-22(20)33-29(30)38/h2-11,13-14,23,25-26,32,34H,12,15H2,1H3,(H,33,38)/t23-,25-,26+,30-/m1/s1. The fourth-order valence-electron chi connectivity index (χ4n) is 6.71. The first-order chi connectivity index (χ1) is 18.9. The molecule has 2 fully saturated rings. The number of imide groups is 1. The Morgan fingerprint density at radius 3 is 2.62 bits per heavy atom. The number of aromatic nitrogens is 1. The van der Waals surface area contributed by atoms with Crippen LogP contribution in [0.25, 0.3) is 10.9 Å². The number of hydrogen-bond donors (Lipinski definition) is 3. The molecule has 3 amide bonds. The second-order valence-electron chi connectivity index (χ2n) is 10.3. The topological polar surface area (TPSA) is 104 Å². The first-order valence-electron chi connectivity index (χ1n) is 12.8. The van der Waals surface area contributed by atoms with Gasteiger partial charge in [0.2, 0.25) is 17.7 Å². The molecule has 0 radical (unpaired) electrons. The van der Waals surface area contributed by atoms with Crippen molar-refractivity contribution in [2.45, 2.75) is 24.5 Å². The van der Waals surface area contributed by atoms with E-state index >= 15 is 0 Å². The number of nitrogens with one attached hydrogen (secondary N) is 3. The minimum atomic E-state index is -1.41. The summed E-state index contributed by atoms with van der Waals surface area (Å²) in [5.41, 5.74) is 2.48. The Labute approximate surface area is 229 Å². The highest BCUT2D eigenvalue weighted by molar-refractivity contribution is 6.31. The van der Waals surface area contributed by atoms with Crippen LogP contribution in [0.5, 0.6) is 5.75 Å². The zero-order valence-corrected chi connectivity index (χ0v) is 21.8. The molecular formula is C30H25ClN4O4. The van der Waals surface area contributed by atoms with E-state index in [1.165, 1.54) is 4.90 Å². The van der Waals surface area contributed by atoms with Gasteiger partial charge in [0, 0.05) is 45.0 Å². The molecule has 7 rings (SSSR count). The van der Waals surface area contributed by atoms with Crippen molar-refractivity contribution in [3.05, 3.63) is 94.6 Å². The van der Waals surface area contributed by atoms with Crippen molar-refractivity contribution in [3.63, 3.8) is 0 Å². The van der Waals surface area contributed by atoms with Crippen molar-refractivity contribution in [2.75, 3.05) is 12.4 Å². The number of carbonyl (C=O) groups is 3. The largest absolute Gasteiger partial charge is 0.496 e. The molecule has 1 aromatic heterocycles. The van der Waals surface area contributed by atoms with Crippen LogP contribution in [0.3, 0.4) is 0 Å². The molecule has 2 saturated heterocycles. The van der Waals surface area contributed by atoms with E-state index in [0.29, 0.717) is 28.4 Å². The summed E-state index contributed by atoms with van der Waals surface area (Å²) in [4.78, 5) is 46.6. The van der Waals surface area contributed by atoms with Crippen LogP contribution < -0.4 is 15.4 Å². The highest BCUT2D eigenvalue weighted by Gasteiger charge is 2.70. The minimum Gasteiger partial charge on any atom is -0.496 e. The number of fused-ring (bicyclic) bond motifs is 5. The van der Waals surface area contributed by atoms with E-state index < -0.39 is 23.4 Å². The molecule has 39 heavy (non-hydrogen) atoms. The van der Waals surface area contributed by atoms with Gasteiger partial charge in [-0.15, -0.1) is 0 Å². The fraction of sp³-hybridized carbons (Fsp3) is 0.233. The molecule has 0 aliphatic carbocycles. The van der Waals surface area contributed by atoms with Crippen molar-refractivity contribution in [1.82, 2.24) is 15.2 Å². The van der Waals surface area contributed by atoms with Gasteiger partial charge in [-0.05, 0) is 42.3 Å². The predicted molar refractivity (Wildman–Crippen MR) is 146 cm³/mol. The SMILES string of the molecule is COc1ccccc1CN1C(=O)[C@H]2[C@@H](C1=O)[C@@]1(N[C@@H]2Cc2c[nH]c3ccccc23)C(=O)Nc2ccc(Cl)cc21. The van der Waals surface area contributed by atoms with Gasteiger partial charge in [0.25, 0.3) is 0 Å². The summed E-state index contributed by atoms with van der Waals surface area (Å²) in [7, 11) is 1.56. The Bertz CT molecular complexity index is 1680. The van der Waals surface area contributed by atoms with Gasteiger partial charge in [-0.3, -0.25) is 24.6 Å². The van der Waals surface area contributed by atoms with Gasteiger partial charge < -0.3 is 15.0 Å². The number of amides is 3. The van der Waals surface area contributed by atoms with Gasteiger partial charge in [-0.1, -0.05) is 48.0 Å². The first-order valence-corrected chi connectivity index (χ1v) is 13.2. The van der Waals surface area contributed by atoms with Crippen LogP contribution in [-0.2, 0) is 32.9 Å². The maximum absolute atomic E-state index is 14.2. The molecule has 3 N–H and O–H groups in total. The lowest BCUT2D eigenvalue weighted by Gasteiger charge is -2.29. The van der Waals surface area contributed by atoms with Crippen LogP contribution in [0.15, 0.2) is 72.9 Å². The van der Waals surface area contributed by atoms with E-state index in [9.17, 15) is 14.4 Å². The average Bonchev–Trinajstić information content (AvgIpc) is 3.65. The maximum Gasteiger partial charge on any atom is 0.250 e. The van der Waals surface area contributed by atoms with Crippen LogP contribution >= 0.6 is 11.6 Å². The molecule has 8 nitrogen and oxygen atoms in total. The van der Waals surface area contributed by atoms with Crippen molar-refractivity contribution >= 4 is 45.9 Å². The Morgan fingerprint density at radius 2 is 1.77 bits per heavy atom. The van der Waals surface area contributed by atoms with Crippen molar-refractivity contribution in [1.29, 1.82) is 0 Å². The first kappa shape index (κ1) is 23.9. The van der Waals surface area contributed by atoms with Gasteiger partial charge in [-0.25, -0.2) is 0 Å². The number of rotatable bonds is 5. The van der Waals surface area contributed by atoms with E-state index in [0.717, 1.165) is 22.0 Å². The average molecular weight is 541 g/mol. The molecule has 0 unspecified atom stereocenters. The van der Waals surface area contributed by atoms with Gasteiger partial charge in [0.05, 0.1) is 25.5 Å². The van der Waals surface area contributed by atoms with Crippen LogP contribution in [0.2, 0.25) is 5.02 Å². The van der Waals surface area contributed by atoms with Gasteiger partial charge in [-0.2, -0.15) is 0 Å². The zero-order valence-electron chi connectivity index (χ0n) is 21.0. The number of H-pyrrole nitrogens is 1. The molecule has 196 valence electrons. The number of hydrogen-bond acceptors (Lipinski definition) is 5. The third-order valence-corrected chi connectivity index (χ3v) is 8.64. The molecule has 3 aromatic carbocycles. The summed E-state index contributed by atoms with van der Waals surface area (Å²) in [5, 5.41) is 7.91. The molecule has 4 aromatic rings. The Kier molecular flexibility index (Phi) is 5.33. The predicted octanol–water partition coefficient (Wildman–Crippen LogP) is 3.99. The van der Waals surface area contributed by atoms with E-state index in [-0.39, 0.29) is 24.3 Å². The number of halogens is 1. The zero-order chi connectivity index (χ0) is 26.9. The van der Waals surface area contributed by atoms with Gasteiger partial charge >= 0.3 is 0 Å².